The molecule has 0 amide bonds. The number of allylic oxidation sites excluding steroid dienone is 2. The summed E-state index contributed by atoms with van der Waals surface area (Å²) in [6.45, 7) is 0. The minimum absolute atomic E-state index is 0.0303. The third kappa shape index (κ3) is 3.51. The maximum absolute atomic E-state index is 10.8. The van der Waals surface area contributed by atoms with Gasteiger partial charge in [0.25, 0.3) is 0 Å². The number of carboxylic acid groups (broad SMARTS) is 1. The van der Waals surface area contributed by atoms with Gasteiger partial charge in [0.05, 0.1) is 6.42 Å². The molecule has 0 heterocycles. The maximum Gasteiger partial charge on any atom is 0.307 e. The summed E-state index contributed by atoms with van der Waals surface area (Å²) in [5, 5.41) is 8.89. The molecule has 1 N–H and O–H groups in total. The minimum Gasteiger partial charge on any atom is -0.481 e. The molecule has 0 fully saturated rings. The first kappa shape index (κ1) is 15.1. The van der Waals surface area contributed by atoms with Crippen LogP contribution >= 0.6 is 0 Å². The molecule has 0 radical (unpaired) electrons. The van der Waals surface area contributed by atoms with Gasteiger partial charge in [0.1, 0.15) is 5.75 Å². The van der Waals surface area contributed by atoms with Gasteiger partial charge in [-0.2, -0.15) is 0 Å². The van der Waals surface area contributed by atoms with E-state index in [-0.39, 0.29) is 6.42 Å². The van der Waals surface area contributed by atoms with Gasteiger partial charge in [-0.15, -0.1) is 0 Å². The van der Waals surface area contributed by atoms with Crippen LogP contribution in [0.1, 0.15) is 17.5 Å². The zero-order chi connectivity index (χ0) is 16.1. The van der Waals surface area contributed by atoms with Crippen LogP contribution in [0.25, 0.3) is 0 Å². The predicted octanol–water partition coefficient (Wildman–Crippen LogP) is 4.10. The van der Waals surface area contributed by atoms with E-state index in [1.165, 1.54) is 0 Å². The fraction of sp³-hybridized carbons (Fsp3) is 0.150. The molecule has 0 spiro atoms. The Morgan fingerprint density at radius 3 is 2.39 bits per heavy atom. The van der Waals surface area contributed by atoms with Gasteiger partial charge in [-0.1, -0.05) is 60.7 Å². The number of aliphatic carboxylic acids is 1. The second-order valence-corrected chi connectivity index (χ2v) is 5.56. The van der Waals surface area contributed by atoms with Crippen molar-refractivity contribution in [3.05, 3.63) is 90.0 Å². The van der Waals surface area contributed by atoms with Crippen molar-refractivity contribution < 1.29 is 14.6 Å². The highest BCUT2D eigenvalue weighted by Gasteiger charge is 2.31. The highest BCUT2D eigenvalue weighted by Crippen LogP contribution is 2.35. The Morgan fingerprint density at radius 2 is 1.78 bits per heavy atom. The lowest BCUT2D eigenvalue weighted by atomic mass is 9.86. The van der Waals surface area contributed by atoms with Crippen LogP contribution < -0.4 is 4.74 Å². The zero-order valence-corrected chi connectivity index (χ0v) is 12.7. The van der Waals surface area contributed by atoms with Crippen molar-refractivity contribution in [2.45, 2.75) is 18.4 Å². The molecule has 3 heteroatoms. The zero-order valence-electron chi connectivity index (χ0n) is 12.7. The molecule has 1 atom stereocenters. The van der Waals surface area contributed by atoms with Gasteiger partial charge in [0.2, 0.25) is 0 Å². The molecule has 116 valence electrons. The Bertz CT molecular complexity index is 729. The number of carbonyl (C=O) groups is 1. The first-order valence-corrected chi connectivity index (χ1v) is 7.58. The summed E-state index contributed by atoms with van der Waals surface area (Å²) >= 11 is 0. The third-order valence-corrected chi connectivity index (χ3v) is 3.87. The number of carboxylic acids is 1. The number of ether oxygens (including phenoxy) is 1. The average molecular weight is 306 g/mol. The number of para-hydroxylation sites is 1. The van der Waals surface area contributed by atoms with Crippen molar-refractivity contribution in [1.29, 1.82) is 0 Å². The molecule has 3 nitrogen and oxygen atoms in total. The van der Waals surface area contributed by atoms with Crippen LogP contribution in [0.5, 0.6) is 5.75 Å². The van der Waals surface area contributed by atoms with Crippen molar-refractivity contribution in [3.8, 4) is 5.75 Å². The van der Waals surface area contributed by atoms with Crippen LogP contribution in [0, 0.1) is 0 Å². The molecule has 1 aliphatic carbocycles. The lowest BCUT2D eigenvalue weighted by molar-refractivity contribution is -0.136. The summed E-state index contributed by atoms with van der Waals surface area (Å²) < 4.78 is 6.30. The summed E-state index contributed by atoms with van der Waals surface area (Å²) in [4.78, 5) is 10.8. The molecule has 2 aromatic rings. The third-order valence-electron chi connectivity index (χ3n) is 3.87. The molecule has 1 unspecified atom stereocenters. The van der Waals surface area contributed by atoms with Crippen molar-refractivity contribution in [2.24, 2.45) is 0 Å². The van der Waals surface area contributed by atoms with E-state index in [0.29, 0.717) is 0 Å². The van der Waals surface area contributed by atoms with Gasteiger partial charge < -0.3 is 9.84 Å². The predicted molar refractivity (Wildman–Crippen MR) is 89.4 cm³/mol. The SMILES string of the molecule is O=C(O)Cc1ccc(C2(Oc3ccccc3)C=CC=CC2)cc1. The van der Waals surface area contributed by atoms with E-state index in [0.717, 1.165) is 23.3 Å². The summed E-state index contributed by atoms with van der Waals surface area (Å²) in [6, 6.07) is 17.3. The van der Waals surface area contributed by atoms with Crippen molar-refractivity contribution in [2.75, 3.05) is 0 Å². The standard InChI is InChI=1S/C20H18O3/c21-19(22)15-16-9-11-17(12-10-16)20(13-5-2-6-14-20)23-18-7-3-1-4-8-18/h1-13H,14-15H2,(H,21,22). The summed E-state index contributed by atoms with van der Waals surface area (Å²) in [7, 11) is 0. The van der Waals surface area contributed by atoms with E-state index in [9.17, 15) is 4.79 Å². The molecule has 3 rings (SSSR count). The van der Waals surface area contributed by atoms with E-state index in [2.05, 4.69) is 6.08 Å². The van der Waals surface area contributed by atoms with E-state index in [1.807, 2.05) is 72.8 Å². The fourth-order valence-corrected chi connectivity index (χ4v) is 2.73. The largest absolute Gasteiger partial charge is 0.481 e. The van der Waals surface area contributed by atoms with E-state index >= 15 is 0 Å². The number of hydrogen-bond acceptors (Lipinski definition) is 2. The fourth-order valence-electron chi connectivity index (χ4n) is 2.73. The molecular weight excluding hydrogens is 288 g/mol. The van der Waals surface area contributed by atoms with Gasteiger partial charge in [0.15, 0.2) is 5.60 Å². The summed E-state index contributed by atoms with van der Waals surface area (Å²) in [6.07, 6.45) is 8.88. The molecule has 0 aliphatic heterocycles. The molecule has 0 saturated carbocycles. The molecule has 23 heavy (non-hydrogen) atoms. The highest BCUT2D eigenvalue weighted by atomic mass is 16.5. The van der Waals surface area contributed by atoms with Gasteiger partial charge in [-0.3, -0.25) is 4.79 Å². The van der Waals surface area contributed by atoms with Gasteiger partial charge in [-0.25, -0.2) is 0 Å². The number of hydrogen-bond donors (Lipinski definition) is 1. The van der Waals surface area contributed by atoms with E-state index in [1.54, 1.807) is 0 Å². The first-order valence-electron chi connectivity index (χ1n) is 7.58. The van der Waals surface area contributed by atoms with Crippen LogP contribution in [0.2, 0.25) is 0 Å². The molecule has 2 aromatic carbocycles. The van der Waals surface area contributed by atoms with E-state index < -0.39 is 11.6 Å². The van der Waals surface area contributed by atoms with Crippen LogP contribution in [0.15, 0.2) is 78.9 Å². The second kappa shape index (κ2) is 6.53. The van der Waals surface area contributed by atoms with Gasteiger partial charge >= 0.3 is 5.97 Å². The lowest BCUT2D eigenvalue weighted by Gasteiger charge is -2.33. The smallest absolute Gasteiger partial charge is 0.307 e. The average Bonchev–Trinajstić information content (AvgIpc) is 2.57. The molecular formula is C20H18O3. The number of rotatable bonds is 5. The molecule has 1 aliphatic rings. The Labute approximate surface area is 135 Å². The molecule has 0 bridgehead atoms. The summed E-state index contributed by atoms with van der Waals surface area (Å²) in [5.74, 6) is -0.0180. The first-order chi connectivity index (χ1) is 11.2. The van der Waals surface area contributed by atoms with Gasteiger partial charge in [-0.05, 0) is 29.3 Å². The monoisotopic (exact) mass is 306 g/mol. The second-order valence-electron chi connectivity index (χ2n) is 5.56. The van der Waals surface area contributed by atoms with Crippen molar-refractivity contribution in [3.63, 3.8) is 0 Å². The van der Waals surface area contributed by atoms with Crippen molar-refractivity contribution >= 4 is 5.97 Å². The van der Waals surface area contributed by atoms with Gasteiger partial charge in [0, 0.05) is 6.42 Å². The van der Waals surface area contributed by atoms with Crippen molar-refractivity contribution in [1.82, 2.24) is 0 Å². The maximum atomic E-state index is 10.8. The van der Waals surface area contributed by atoms with Crippen LogP contribution in [-0.2, 0) is 16.8 Å². The highest BCUT2D eigenvalue weighted by molar-refractivity contribution is 5.70. The topological polar surface area (TPSA) is 46.5 Å². The Kier molecular flexibility index (Phi) is 4.29. The quantitative estimate of drug-likeness (QED) is 0.904. The Hall–Kier alpha value is -2.81. The van der Waals surface area contributed by atoms with E-state index in [4.69, 9.17) is 9.84 Å². The lowest BCUT2D eigenvalue weighted by Crippen LogP contribution is -2.31. The molecule has 0 aromatic heterocycles. The van der Waals surface area contributed by atoms with Crippen LogP contribution in [-0.4, -0.2) is 11.1 Å². The number of benzene rings is 2. The Balaban J connectivity index is 1.91. The Morgan fingerprint density at radius 1 is 1.04 bits per heavy atom. The normalized spacial score (nSPS) is 19.5. The summed E-state index contributed by atoms with van der Waals surface area (Å²) in [5.41, 5.74) is 1.24. The molecule has 0 saturated heterocycles. The minimum atomic E-state index is -0.825. The van der Waals surface area contributed by atoms with Crippen LogP contribution in [0.3, 0.4) is 0 Å². The van der Waals surface area contributed by atoms with Crippen LogP contribution in [0.4, 0.5) is 0 Å².